The molecule has 0 radical (unpaired) electrons. The molecule has 110 valence electrons. The van der Waals surface area contributed by atoms with Crippen molar-refractivity contribution >= 4 is 17.5 Å². The lowest BCUT2D eigenvalue weighted by Crippen LogP contribution is -2.52. The summed E-state index contributed by atoms with van der Waals surface area (Å²) in [5, 5.41) is 14.8. The number of amides is 2. The number of rotatable bonds is 4. The molecule has 0 aromatic carbocycles. The van der Waals surface area contributed by atoms with E-state index < -0.39 is 0 Å². The number of H-pyrrole nitrogens is 1. The van der Waals surface area contributed by atoms with Crippen LogP contribution in [0.25, 0.3) is 0 Å². The van der Waals surface area contributed by atoms with Gasteiger partial charge >= 0.3 is 0 Å². The van der Waals surface area contributed by atoms with Gasteiger partial charge in [0.15, 0.2) is 0 Å². The molecule has 0 saturated carbocycles. The van der Waals surface area contributed by atoms with Gasteiger partial charge in [0.1, 0.15) is 0 Å². The van der Waals surface area contributed by atoms with Gasteiger partial charge < -0.3 is 16.0 Å². The number of anilines is 1. The van der Waals surface area contributed by atoms with Gasteiger partial charge in [0.2, 0.25) is 11.8 Å². The summed E-state index contributed by atoms with van der Waals surface area (Å²) in [5.74, 6) is -0.390. The minimum absolute atomic E-state index is 0.0361. The van der Waals surface area contributed by atoms with E-state index in [1.165, 1.54) is 6.20 Å². The Morgan fingerprint density at radius 3 is 2.90 bits per heavy atom. The molecule has 1 aromatic rings. The molecule has 7 nitrogen and oxygen atoms in total. The predicted molar refractivity (Wildman–Crippen MR) is 75.0 cm³/mol. The van der Waals surface area contributed by atoms with Gasteiger partial charge in [-0.25, -0.2) is 0 Å². The number of carbonyl (C=O) groups excluding carboxylic acids is 2. The Morgan fingerprint density at radius 2 is 2.30 bits per heavy atom. The van der Waals surface area contributed by atoms with E-state index in [0.29, 0.717) is 5.69 Å². The highest BCUT2D eigenvalue weighted by molar-refractivity contribution is 5.95. The molecule has 1 aromatic heterocycles. The molecule has 2 heterocycles. The zero-order valence-electron chi connectivity index (χ0n) is 11.8. The third-order valence-corrected chi connectivity index (χ3v) is 3.46. The van der Waals surface area contributed by atoms with Gasteiger partial charge in [-0.1, -0.05) is 13.8 Å². The second-order valence-electron chi connectivity index (χ2n) is 5.89. The third kappa shape index (κ3) is 4.06. The molecule has 1 saturated heterocycles. The fourth-order valence-corrected chi connectivity index (χ4v) is 2.16. The number of nitrogens with one attached hydrogen (secondary N) is 4. The Balaban J connectivity index is 1.71. The van der Waals surface area contributed by atoms with Crippen LogP contribution in [0.3, 0.4) is 0 Å². The fraction of sp³-hybridized carbons (Fsp3) is 0.615. The van der Waals surface area contributed by atoms with E-state index >= 15 is 0 Å². The average molecular weight is 279 g/mol. The average Bonchev–Trinajstić information content (AvgIpc) is 2.88. The van der Waals surface area contributed by atoms with Crippen molar-refractivity contribution in [2.75, 3.05) is 18.4 Å². The van der Waals surface area contributed by atoms with Crippen molar-refractivity contribution in [2.45, 2.75) is 32.7 Å². The molecule has 1 unspecified atom stereocenters. The van der Waals surface area contributed by atoms with Gasteiger partial charge in [-0.3, -0.25) is 14.7 Å². The first-order valence-electron chi connectivity index (χ1n) is 6.76. The van der Waals surface area contributed by atoms with Gasteiger partial charge in [0.05, 0.1) is 24.5 Å². The predicted octanol–water partition coefficient (Wildman–Crippen LogP) is 0.243. The zero-order valence-corrected chi connectivity index (χ0v) is 11.8. The molecule has 1 aliphatic heterocycles. The number of piperidine rings is 1. The lowest BCUT2D eigenvalue weighted by atomic mass is 9.82. The normalized spacial score (nSPS) is 21.2. The third-order valence-electron chi connectivity index (χ3n) is 3.46. The zero-order chi connectivity index (χ0) is 14.6. The molecule has 1 fully saturated rings. The molecular formula is C13H21N5O2. The van der Waals surface area contributed by atoms with Crippen molar-refractivity contribution in [3.63, 3.8) is 0 Å². The fourth-order valence-electron chi connectivity index (χ4n) is 2.16. The number of carbonyl (C=O) groups is 2. The van der Waals surface area contributed by atoms with E-state index in [4.69, 9.17) is 0 Å². The molecule has 1 aliphatic rings. The van der Waals surface area contributed by atoms with Gasteiger partial charge in [0, 0.05) is 12.7 Å². The summed E-state index contributed by atoms with van der Waals surface area (Å²) in [6.45, 7) is 5.12. The van der Waals surface area contributed by atoms with Crippen molar-refractivity contribution in [2.24, 2.45) is 5.41 Å². The van der Waals surface area contributed by atoms with Gasteiger partial charge in [-0.05, 0) is 18.3 Å². The Morgan fingerprint density at radius 1 is 1.50 bits per heavy atom. The summed E-state index contributed by atoms with van der Waals surface area (Å²) in [6.07, 6.45) is 4.87. The molecule has 4 N–H and O–H groups in total. The van der Waals surface area contributed by atoms with E-state index in [-0.39, 0.29) is 29.8 Å². The number of nitrogens with zero attached hydrogens (tertiary/aromatic N) is 1. The van der Waals surface area contributed by atoms with Crippen molar-refractivity contribution in [1.29, 1.82) is 0 Å². The molecule has 7 heteroatoms. The quantitative estimate of drug-likeness (QED) is 0.634. The van der Waals surface area contributed by atoms with Crippen molar-refractivity contribution in [3.05, 3.63) is 12.4 Å². The van der Waals surface area contributed by atoms with Gasteiger partial charge in [-0.15, -0.1) is 0 Å². The van der Waals surface area contributed by atoms with Crippen molar-refractivity contribution in [3.8, 4) is 0 Å². The molecule has 2 amide bonds. The van der Waals surface area contributed by atoms with Crippen LogP contribution in [0.4, 0.5) is 5.69 Å². The van der Waals surface area contributed by atoms with Crippen LogP contribution in [0.2, 0.25) is 0 Å². The van der Waals surface area contributed by atoms with Crippen LogP contribution in [0.15, 0.2) is 12.4 Å². The Labute approximate surface area is 117 Å². The van der Waals surface area contributed by atoms with E-state index in [9.17, 15) is 9.59 Å². The van der Waals surface area contributed by atoms with Crippen LogP contribution in [0, 0.1) is 5.41 Å². The first-order chi connectivity index (χ1) is 9.46. The summed E-state index contributed by atoms with van der Waals surface area (Å²) in [4.78, 5) is 23.6. The molecule has 2 rings (SSSR count). The lowest BCUT2D eigenvalue weighted by molar-refractivity contribution is -0.126. The number of aromatic nitrogens is 2. The summed E-state index contributed by atoms with van der Waals surface area (Å²) < 4.78 is 0. The maximum atomic E-state index is 11.9. The maximum Gasteiger partial charge on any atom is 0.243 e. The van der Waals surface area contributed by atoms with Crippen molar-refractivity contribution in [1.82, 2.24) is 20.8 Å². The van der Waals surface area contributed by atoms with E-state index in [0.717, 1.165) is 19.4 Å². The standard InChI is InChI=1S/C13H21N5O2/c1-13(2)4-3-10(15-8-13)12(20)14-7-11(19)18-9-5-16-17-6-9/h5-6,10,15H,3-4,7-8H2,1-2H3,(H,14,20)(H,16,17)(H,18,19). The SMILES string of the molecule is CC1(C)CCC(C(=O)NCC(=O)Nc2cn[nH]c2)NC1. The monoisotopic (exact) mass is 279 g/mol. The van der Waals surface area contributed by atoms with Crippen LogP contribution in [0.1, 0.15) is 26.7 Å². The summed E-state index contributed by atoms with van der Waals surface area (Å²) in [5.41, 5.74) is 0.817. The number of hydrogen-bond donors (Lipinski definition) is 4. The summed E-state index contributed by atoms with van der Waals surface area (Å²) in [7, 11) is 0. The first kappa shape index (κ1) is 14.5. The Hall–Kier alpha value is -1.89. The highest BCUT2D eigenvalue weighted by atomic mass is 16.2. The first-order valence-corrected chi connectivity index (χ1v) is 6.76. The number of hydrogen-bond acceptors (Lipinski definition) is 4. The second kappa shape index (κ2) is 6.04. The van der Waals surface area contributed by atoms with Crippen LogP contribution >= 0.6 is 0 Å². The Bertz CT molecular complexity index is 459. The molecule has 0 bridgehead atoms. The van der Waals surface area contributed by atoms with Crippen LogP contribution in [0.5, 0.6) is 0 Å². The van der Waals surface area contributed by atoms with Gasteiger partial charge in [-0.2, -0.15) is 5.10 Å². The van der Waals surface area contributed by atoms with Crippen LogP contribution in [-0.2, 0) is 9.59 Å². The molecular weight excluding hydrogens is 258 g/mol. The minimum Gasteiger partial charge on any atom is -0.346 e. The highest BCUT2D eigenvalue weighted by Gasteiger charge is 2.30. The maximum absolute atomic E-state index is 11.9. The second-order valence-corrected chi connectivity index (χ2v) is 5.89. The highest BCUT2D eigenvalue weighted by Crippen LogP contribution is 2.26. The van der Waals surface area contributed by atoms with Crippen LogP contribution < -0.4 is 16.0 Å². The largest absolute Gasteiger partial charge is 0.346 e. The summed E-state index contributed by atoms with van der Waals surface area (Å²) in [6, 6.07) is -0.204. The minimum atomic E-state index is -0.268. The van der Waals surface area contributed by atoms with Gasteiger partial charge in [0.25, 0.3) is 0 Å². The smallest absolute Gasteiger partial charge is 0.243 e. The molecule has 0 spiro atoms. The molecule has 0 aliphatic carbocycles. The van der Waals surface area contributed by atoms with E-state index in [1.54, 1.807) is 6.20 Å². The number of aromatic amines is 1. The van der Waals surface area contributed by atoms with E-state index in [2.05, 4.69) is 40.0 Å². The Kier molecular flexibility index (Phi) is 4.39. The van der Waals surface area contributed by atoms with Crippen molar-refractivity contribution < 1.29 is 9.59 Å². The topological polar surface area (TPSA) is 98.9 Å². The van der Waals surface area contributed by atoms with E-state index in [1.807, 2.05) is 0 Å². The lowest BCUT2D eigenvalue weighted by Gasteiger charge is -2.34. The molecule has 1 atom stereocenters. The molecule has 20 heavy (non-hydrogen) atoms. The van der Waals surface area contributed by atoms with Crippen LogP contribution in [-0.4, -0.2) is 41.1 Å². The summed E-state index contributed by atoms with van der Waals surface area (Å²) >= 11 is 0.